The van der Waals surface area contributed by atoms with E-state index in [4.69, 9.17) is 9.47 Å². The Morgan fingerprint density at radius 2 is 0.625 bits per heavy atom. The normalized spacial score (nSPS) is 13.8. The standard InChI is InChI=1S/C37H58O3/c1-32(2,3)23-19-21-25(34(7,8)9)29(27(23)36(13,14)15)39-31(38)40-30-26(35(10,11)12)22-20-24(33(4,5)6)28(30)37(16,17)18/h19-22H,1-18H3. The molecule has 3 nitrogen and oxygen atoms in total. The quantitative estimate of drug-likeness (QED) is 0.275. The molecule has 0 bridgehead atoms. The van der Waals surface area contributed by atoms with Crippen molar-refractivity contribution in [1.82, 2.24) is 0 Å². The van der Waals surface area contributed by atoms with Gasteiger partial charge in [0.15, 0.2) is 0 Å². The third kappa shape index (κ3) is 7.51. The van der Waals surface area contributed by atoms with E-state index in [0.29, 0.717) is 11.5 Å². The first-order valence-electron chi connectivity index (χ1n) is 14.8. The monoisotopic (exact) mass is 550 g/mol. The topological polar surface area (TPSA) is 35.5 Å². The molecule has 0 aliphatic carbocycles. The summed E-state index contributed by atoms with van der Waals surface area (Å²) in [6.45, 7) is 39.3. The van der Waals surface area contributed by atoms with E-state index in [9.17, 15) is 4.79 Å². The van der Waals surface area contributed by atoms with Crippen molar-refractivity contribution < 1.29 is 14.3 Å². The van der Waals surface area contributed by atoms with Crippen molar-refractivity contribution in [1.29, 1.82) is 0 Å². The lowest BCUT2D eigenvalue weighted by molar-refractivity contribution is 0.148. The van der Waals surface area contributed by atoms with Crippen LogP contribution in [0, 0.1) is 0 Å². The van der Waals surface area contributed by atoms with Gasteiger partial charge in [0.1, 0.15) is 11.5 Å². The van der Waals surface area contributed by atoms with Crippen molar-refractivity contribution in [2.75, 3.05) is 0 Å². The highest BCUT2D eigenvalue weighted by Crippen LogP contribution is 2.47. The molecule has 0 aliphatic rings. The first-order chi connectivity index (χ1) is 17.6. The van der Waals surface area contributed by atoms with E-state index in [1.54, 1.807) is 0 Å². The molecule has 0 saturated carbocycles. The Hall–Kier alpha value is -2.29. The minimum atomic E-state index is -0.691. The Morgan fingerprint density at radius 3 is 0.825 bits per heavy atom. The van der Waals surface area contributed by atoms with Crippen LogP contribution in [0.5, 0.6) is 11.5 Å². The minimum absolute atomic E-state index is 0.124. The summed E-state index contributed by atoms with van der Waals surface area (Å²) < 4.78 is 12.7. The molecule has 0 spiro atoms. The zero-order valence-electron chi connectivity index (χ0n) is 29.0. The van der Waals surface area contributed by atoms with E-state index in [1.165, 1.54) is 11.1 Å². The zero-order chi connectivity index (χ0) is 31.4. The molecule has 0 unspecified atom stereocenters. The number of benzene rings is 2. The largest absolute Gasteiger partial charge is 0.519 e. The van der Waals surface area contributed by atoms with Gasteiger partial charge in [-0.15, -0.1) is 0 Å². The molecule has 2 aromatic carbocycles. The molecule has 0 fully saturated rings. The maximum absolute atomic E-state index is 14.0. The molecular formula is C37H58O3. The Kier molecular flexibility index (Phi) is 8.92. The highest BCUT2D eigenvalue weighted by atomic mass is 16.7. The van der Waals surface area contributed by atoms with Crippen LogP contribution in [-0.4, -0.2) is 6.16 Å². The highest BCUT2D eigenvalue weighted by Gasteiger charge is 2.37. The molecule has 2 aromatic rings. The molecule has 0 saturated heterocycles. The van der Waals surface area contributed by atoms with Crippen molar-refractivity contribution in [2.45, 2.75) is 157 Å². The predicted molar refractivity (Wildman–Crippen MR) is 172 cm³/mol. The van der Waals surface area contributed by atoms with E-state index in [0.717, 1.165) is 22.3 Å². The van der Waals surface area contributed by atoms with Gasteiger partial charge in [-0.3, -0.25) is 0 Å². The number of hydrogen-bond donors (Lipinski definition) is 0. The zero-order valence-corrected chi connectivity index (χ0v) is 29.0. The molecule has 0 atom stereocenters. The summed E-state index contributed by atoms with van der Waals surface area (Å²) in [6, 6.07) is 8.67. The highest BCUT2D eigenvalue weighted by molar-refractivity contribution is 5.72. The fourth-order valence-electron chi connectivity index (χ4n) is 5.49. The number of ether oxygens (including phenoxy) is 2. The van der Waals surface area contributed by atoms with E-state index < -0.39 is 6.16 Å². The second-order valence-corrected chi connectivity index (χ2v) is 17.7. The average Bonchev–Trinajstić information content (AvgIpc) is 2.68. The molecule has 0 aliphatic heterocycles. The fourth-order valence-corrected chi connectivity index (χ4v) is 5.49. The van der Waals surface area contributed by atoms with Crippen LogP contribution in [0.25, 0.3) is 0 Å². The van der Waals surface area contributed by atoms with Crippen molar-refractivity contribution in [2.24, 2.45) is 0 Å². The number of rotatable bonds is 2. The number of carbonyl (C=O) groups is 1. The van der Waals surface area contributed by atoms with Crippen LogP contribution < -0.4 is 9.47 Å². The second kappa shape index (κ2) is 10.5. The molecular weight excluding hydrogens is 492 g/mol. The smallest absolute Gasteiger partial charge is 0.394 e. The van der Waals surface area contributed by atoms with Crippen LogP contribution in [0.4, 0.5) is 4.79 Å². The van der Waals surface area contributed by atoms with Gasteiger partial charge in [-0.1, -0.05) is 149 Å². The van der Waals surface area contributed by atoms with Crippen LogP contribution >= 0.6 is 0 Å². The molecule has 0 aromatic heterocycles. The van der Waals surface area contributed by atoms with Gasteiger partial charge in [0.05, 0.1) is 0 Å². The van der Waals surface area contributed by atoms with Crippen LogP contribution in [-0.2, 0) is 32.5 Å². The van der Waals surface area contributed by atoms with Gasteiger partial charge in [-0.25, -0.2) is 4.79 Å². The van der Waals surface area contributed by atoms with Gasteiger partial charge in [0, 0.05) is 22.3 Å². The third-order valence-corrected chi connectivity index (χ3v) is 7.42. The van der Waals surface area contributed by atoms with E-state index in [1.807, 2.05) is 0 Å². The molecule has 0 N–H and O–H groups in total. The summed E-state index contributed by atoms with van der Waals surface area (Å²) in [5, 5.41) is 0. The van der Waals surface area contributed by atoms with Crippen LogP contribution in [0.1, 0.15) is 158 Å². The van der Waals surface area contributed by atoms with Crippen molar-refractivity contribution in [3.05, 3.63) is 57.6 Å². The van der Waals surface area contributed by atoms with E-state index in [2.05, 4.69) is 149 Å². The van der Waals surface area contributed by atoms with Crippen LogP contribution in [0.3, 0.4) is 0 Å². The molecule has 0 radical (unpaired) electrons. The van der Waals surface area contributed by atoms with Crippen molar-refractivity contribution in [3.8, 4) is 11.5 Å². The van der Waals surface area contributed by atoms with Crippen LogP contribution in [0.15, 0.2) is 24.3 Å². The minimum Gasteiger partial charge on any atom is -0.394 e. The van der Waals surface area contributed by atoms with Gasteiger partial charge < -0.3 is 9.47 Å². The van der Waals surface area contributed by atoms with Crippen molar-refractivity contribution in [3.63, 3.8) is 0 Å². The Bertz CT molecular complexity index is 1140. The summed E-state index contributed by atoms with van der Waals surface area (Å²) in [5.41, 5.74) is 5.25. The molecule has 0 amide bonds. The first kappa shape index (κ1) is 33.9. The summed E-state index contributed by atoms with van der Waals surface area (Å²) >= 11 is 0. The number of hydrogen-bond acceptors (Lipinski definition) is 3. The summed E-state index contributed by atoms with van der Waals surface area (Å²) in [6.07, 6.45) is -0.691. The van der Waals surface area contributed by atoms with E-state index in [-0.39, 0.29) is 32.5 Å². The SMILES string of the molecule is CC(C)(C)c1ccc(C(C)(C)C)c(C(C)(C)C)c1OC(=O)Oc1c(C(C)(C)C)ccc(C(C)(C)C)c1C(C)(C)C. The summed E-state index contributed by atoms with van der Waals surface area (Å²) in [7, 11) is 0. The molecule has 0 heterocycles. The van der Waals surface area contributed by atoms with Gasteiger partial charge in [-0.05, 0) is 43.6 Å². The number of carbonyl (C=O) groups excluding carboxylic acids is 1. The Morgan fingerprint density at radius 1 is 0.400 bits per heavy atom. The van der Waals surface area contributed by atoms with Gasteiger partial charge in [0.25, 0.3) is 0 Å². The predicted octanol–water partition coefficient (Wildman–Crippen LogP) is 11.0. The third-order valence-electron chi connectivity index (χ3n) is 7.42. The van der Waals surface area contributed by atoms with E-state index >= 15 is 0 Å². The summed E-state index contributed by atoms with van der Waals surface area (Å²) in [4.78, 5) is 14.0. The van der Waals surface area contributed by atoms with Crippen LogP contribution in [0.2, 0.25) is 0 Å². The molecule has 3 heteroatoms. The van der Waals surface area contributed by atoms with Crippen molar-refractivity contribution >= 4 is 6.16 Å². The maximum atomic E-state index is 14.0. The summed E-state index contributed by atoms with van der Waals surface area (Å²) in [5.74, 6) is 1.25. The lowest BCUT2D eigenvalue weighted by Crippen LogP contribution is -2.30. The van der Waals surface area contributed by atoms with Gasteiger partial charge in [-0.2, -0.15) is 0 Å². The van der Waals surface area contributed by atoms with Gasteiger partial charge in [0.2, 0.25) is 0 Å². The van der Waals surface area contributed by atoms with Gasteiger partial charge >= 0.3 is 6.16 Å². The second-order valence-electron chi connectivity index (χ2n) is 17.7. The Labute approximate surface area is 246 Å². The Balaban J connectivity index is 2.89. The lowest BCUT2D eigenvalue weighted by atomic mass is 9.72. The maximum Gasteiger partial charge on any atom is 0.519 e. The molecule has 2 rings (SSSR count). The lowest BCUT2D eigenvalue weighted by Gasteiger charge is -2.36. The molecule has 224 valence electrons. The first-order valence-corrected chi connectivity index (χ1v) is 14.8. The fraction of sp³-hybridized carbons (Fsp3) is 0.649. The average molecular weight is 551 g/mol. The molecule has 40 heavy (non-hydrogen) atoms.